The van der Waals surface area contributed by atoms with Crippen molar-refractivity contribution in [1.29, 1.82) is 0 Å². The smallest absolute Gasteiger partial charge is 0.320 e. The molecular weight excluding hydrogens is 256 g/mol. The van der Waals surface area contributed by atoms with Crippen molar-refractivity contribution in [2.24, 2.45) is 0 Å². The van der Waals surface area contributed by atoms with Gasteiger partial charge in [-0.1, -0.05) is 12.8 Å². The molecule has 2 aliphatic heterocycles. The number of carbonyl (C=O) groups is 1. The average Bonchev–Trinajstić information content (AvgIpc) is 3.08. The molecule has 1 spiro atoms. The Kier molecular flexibility index (Phi) is 3.91. The molecular formula is C15H26N2O3. The molecule has 114 valence electrons. The van der Waals surface area contributed by atoms with Crippen molar-refractivity contribution in [3.63, 3.8) is 0 Å². The maximum absolute atomic E-state index is 12.7. The molecule has 1 aliphatic carbocycles. The van der Waals surface area contributed by atoms with Crippen LogP contribution in [0.3, 0.4) is 0 Å². The summed E-state index contributed by atoms with van der Waals surface area (Å²) in [4.78, 5) is 16.7. The van der Waals surface area contributed by atoms with Gasteiger partial charge >= 0.3 is 6.03 Å². The summed E-state index contributed by atoms with van der Waals surface area (Å²) in [5, 5.41) is 0. The molecule has 0 aromatic carbocycles. The Morgan fingerprint density at radius 3 is 2.75 bits per heavy atom. The second-order valence-electron chi connectivity index (χ2n) is 6.63. The number of nitrogens with zero attached hydrogens (tertiary/aromatic N) is 2. The molecule has 3 aliphatic rings. The van der Waals surface area contributed by atoms with Crippen LogP contribution in [0.25, 0.3) is 0 Å². The van der Waals surface area contributed by atoms with Crippen molar-refractivity contribution < 1.29 is 14.3 Å². The Hall–Kier alpha value is -0.810. The van der Waals surface area contributed by atoms with Gasteiger partial charge in [0.05, 0.1) is 19.3 Å². The second-order valence-corrected chi connectivity index (χ2v) is 6.63. The van der Waals surface area contributed by atoms with Crippen LogP contribution < -0.4 is 0 Å². The van der Waals surface area contributed by atoms with E-state index in [1.807, 2.05) is 16.8 Å². The summed E-state index contributed by atoms with van der Waals surface area (Å²) in [5.41, 5.74) is -0.260. The van der Waals surface area contributed by atoms with Gasteiger partial charge in [-0.25, -0.2) is 4.79 Å². The molecule has 3 rings (SSSR count). The summed E-state index contributed by atoms with van der Waals surface area (Å²) in [6.07, 6.45) is 5.78. The zero-order chi connectivity index (χ0) is 14.2. The summed E-state index contributed by atoms with van der Waals surface area (Å²) in [6.45, 7) is 4.78. The van der Waals surface area contributed by atoms with Crippen LogP contribution in [-0.2, 0) is 9.47 Å². The van der Waals surface area contributed by atoms with Crippen LogP contribution in [0.1, 0.15) is 39.0 Å². The Labute approximate surface area is 121 Å². The van der Waals surface area contributed by atoms with Gasteiger partial charge < -0.3 is 19.3 Å². The molecule has 1 saturated carbocycles. The summed E-state index contributed by atoms with van der Waals surface area (Å²) in [7, 11) is 1.95. The molecule has 20 heavy (non-hydrogen) atoms. The molecule has 5 heteroatoms. The molecule has 2 atom stereocenters. The summed E-state index contributed by atoms with van der Waals surface area (Å²) < 4.78 is 11.6. The number of rotatable bonds is 1. The highest BCUT2D eigenvalue weighted by atomic mass is 16.6. The number of urea groups is 1. The first-order valence-corrected chi connectivity index (χ1v) is 7.87. The third kappa shape index (κ3) is 2.66. The van der Waals surface area contributed by atoms with E-state index in [2.05, 4.69) is 6.92 Å². The molecule has 0 unspecified atom stereocenters. The highest BCUT2D eigenvalue weighted by molar-refractivity contribution is 5.74. The normalized spacial score (nSPS) is 34.9. The fourth-order valence-electron chi connectivity index (χ4n) is 3.85. The van der Waals surface area contributed by atoms with E-state index >= 15 is 0 Å². The summed E-state index contributed by atoms with van der Waals surface area (Å²) in [6, 6.07) is 0.592. The van der Waals surface area contributed by atoms with Crippen molar-refractivity contribution in [2.45, 2.75) is 56.8 Å². The van der Waals surface area contributed by atoms with Gasteiger partial charge in [-0.05, 0) is 19.8 Å². The quantitative estimate of drug-likeness (QED) is 0.737. The minimum Gasteiger partial charge on any atom is -0.378 e. The average molecular weight is 282 g/mol. The molecule has 0 aromatic rings. The van der Waals surface area contributed by atoms with Gasteiger partial charge in [0.1, 0.15) is 5.60 Å². The van der Waals surface area contributed by atoms with E-state index in [1.165, 1.54) is 12.8 Å². The van der Waals surface area contributed by atoms with E-state index in [-0.39, 0.29) is 17.7 Å². The molecule has 0 bridgehead atoms. The lowest BCUT2D eigenvalue weighted by Crippen LogP contribution is -2.59. The monoisotopic (exact) mass is 282 g/mol. The number of carbonyl (C=O) groups excluding carboxylic acids is 1. The zero-order valence-electron chi connectivity index (χ0n) is 12.6. The van der Waals surface area contributed by atoms with Crippen molar-refractivity contribution in [1.82, 2.24) is 9.80 Å². The van der Waals surface area contributed by atoms with E-state index in [4.69, 9.17) is 9.47 Å². The molecule has 0 radical (unpaired) electrons. The van der Waals surface area contributed by atoms with Crippen LogP contribution in [0, 0.1) is 0 Å². The Balaban J connectivity index is 1.67. The van der Waals surface area contributed by atoms with Crippen molar-refractivity contribution in [3.05, 3.63) is 0 Å². The largest absolute Gasteiger partial charge is 0.378 e. The topological polar surface area (TPSA) is 42.0 Å². The number of morpholine rings is 1. The van der Waals surface area contributed by atoms with Crippen LogP contribution in [0.5, 0.6) is 0 Å². The predicted molar refractivity (Wildman–Crippen MR) is 75.7 cm³/mol. The number of amides is 2. The van der Waals surface area contributed by atoms with Crippen molar-refractivity contribution in [2.75, 3.05) is 33.4 Å². The maximum atomic E-state index is 12.7. The van der Waals surface area contributed by atoms with Crippen LogP contribution >= 0.6 is 0 Å². The second kappa shape index (κ2) is 5.53. The molecule has 2 amide bonds. The third-order valence-electron chi connectivity index (χ3n) is 4.92. The van der Waals surface area contributed by atoms with Gasteiger partial charge in [-0.15, -0.1) is 0 Å². The standard InChI is InChI=1S/C15H26N2O3/c1-12-9-17(10-15(20-12)7-8-19-11-15)14(18)16(2)13-5-3-4-6-13/h12-13H,3-11H2,1-2H3/t12-,15-/m1/s1. The number of hydrogen-bond donors (Lipinski definition) is 0. The predicted octanol–water partition coefficient (Wildman–Crippen LogP) is 1.86. The van der Waals surface area contributed by atoms with Gasteiger partial charge in [0.15, 0.2) is 0 Å². The highest BCUT2D eigenvalue weighted by Gasteiger charge is 2.44. The molecule has 3 fully saturated rings. The molecule has 5 nitrogen and oxygen atoms in total. The van der Waals surface area contributed by atoms with Crippen molar-refractivity contribution >= 4 is 6.03 Å². The van der Waals surface area contributed by atoms with Crippen molar-refractivity contribution in [3.8, 4) is 0 Å². The maximum Gasteiger partial charge on any atom is 0.320 e. The molecule has 2 heterocycles. The minimum atomic E-state index is -0.260. The number of ether oxygens (including phenoxy) is 2. The Morgan fingerprint density at radius 2 is 2.10 bits per heavy atom. The van der Waals surface area contributed by atoms with E-state index in [0.717, 1.165) is 25.9 Å². The van der Waals surface area contributed by atoms with E-state index in [0.29, 0.717) is 25.7 Å². The van der Waals surface area contributed by atoms with Gasteiger partial charge in [-0.3, -0.25) is 0 Å². The summed E-state index contributed by atoms with van der Waals surface area (Å²) in [5.74, 6) is 0. The van der Waals surface area contributed by atoms with Crippen LogP contribution in [-0.4, -0.2) is 66.9 Å². The van der Waals surface area contributed by atoms with Crippen LogP contribution in [0.4, 0.5) is 4.79 Å². The van der Waals surface area contributed by atoms with Crippen LogP contribution in [0.2, 0.25) is 0 Å². The van der Waals surface area contributed by atoms with E-state index in [1.54, 1.807) is 0 Å². The van der Waals surface area contributed by atoms with Gasteiger partial charge in [-0.2, -0.15) is 0 Å². The lowest BCUT2D eigenvalue weighted by atomic mass is 9.99. The molecule has 2 saturated heterocycles. The lowest BCUT2D eigenvalue weighted by molar-refractivity contribution is -0.139. The van der Waals surface area contributed by atoms with Crippen LogP contribution in [0.15, 0.2) is 0 Å². The van der Waals surface area contributed by atoms with E-state index < -0.39 is 0 Å². The Morgan fingerprint density at radius 1 is 1.35 bits per heavy atom. The van der Waals surface area contributed by atoms with Gasteiger partial charge in [0, 0.05) is 32.7 Å². The van der Waals surface area contributed by atoms with E-state index in [9.17, 15) is 4.79 Å². The minimum absolute atomic E-state index is 0.0892. The first-order valence-electron chi connectivity index (χ1n) is 7.87. The fourth-order valence-corrected chi connectivity index (χ4v) is 3.85. The zero-order valence-corrected chi connectivity index (χ0v) is 12.6. The SMILES string of the molecule is C[C@@H]1CN(C(=O)N(C)C2CCCC2)C[C@@]2(CCOC2)O1. The summed E-state index contributed by atoms with van der Waals surface area (Å²) >= 11 is 0. The molecule has 0 N–H and O–H groups in total. The molecule has 0 aromatic heterocycles. The highest BCUT2D eigenvalue weighted by Crippen LogP contribution is 2.31. The lowest BCUT2D eigenvalue weighted by Gasteiger charge is -2.44. The first-order chi connectivity index (χ1) is 9.60. The first kappa shape index (κ1) is 14.1. The third-order valence-corrected chi connectivity index (χ3v) is 4.92. The number of hydrogen-bond acceptors (Lipinski definition) is 3. The van der Waals surface area contributed by atoms with Gasteiger partial charge in [0.2, 0.25) is 0 Å². The Bertz CT molecular complexity index is 362. The fraction of sp³-hybridized carbons (Fsp3) is 0.933. The van der Waals surface area contributed by atoms with Gasteiger partial charge in [0.25, 0.3) is 0 Å².